The summed E-state index contributed by atoms with van der Waals surface area (Å²) >= 11 is 2.76. The fraction of sp³-hybridized carbons (Fsp3) is 0.500. The smallest absolute Gasteiger partial charge is 0.198 e. The highest BCUT2D eigenvalue weighted by atomic mass is 79.9. The van der Waals surface area contributed by atoms with Gasteiger partial charge in [-0.15, -0.1) is 0 Å². The number of hydrogen-bond acceptors (Lipinski definition) is 2. The van der Waals surface area contributed by atoms with E-state index in [1.807, 2.05) is 0 Å². The van der Waals surface area contributed by atoms with E-state index in [-0.39, 0.29) is 0 Å². The van der Waals surface area contributed by atoms with E-state index < -0.39 is 0 Å². The van der Waals surface area contributed by atoms with Crippen LogP contribution in [0, 0.1) is 0 Å². The van der Waals surface area contributed by atoms with Crippen LogP contribution < -0.4 is 0 Å². The summed E-state index contributed by atoms with van der Waals surface area (Å²) in [6, 6.07) is 0. The van der Waals surface area contributed by atoms with Crippen molar-refractivity contribution in [3.8, 4) is 0 Å². The van der Waals surface area contributed by atoms with Gasteiger partial charge in [-0.25, -0.2) is 4.02 Å². The maximum absolute atomic E-state index is 9.46. The van der Waals surface area contributed by atoms with Gasteiger partial charge >= 0.3 is 0 Å². The molecule has 38 valence electrons. The molecule has 0 amide bonds. The normalized spacial score (nSPS) is 9.86. The molecule has 0 atom stereocenters. The summed E-state index contributed by atoms with van der Waals surface area (Å²) in [6.45, 7) is 0. The second-order valence-corrected chi connectivity index (χ2v) is 1.24. The zero-order valence-corrected chi connectivity index (χ0v) is 5.23. The fourth-order valence-electron chi connectivity index (χ4n) is 0.149. The van der Waals surface area contributed by atoms with Gasteiger partial charge in [0.1, 0.15) is 0 Å². The summed E-state index contributed by atoms with van der Waals surface area (Å²) in [6.07, 6.45) is 5.17. The molecule has 3 heteroatoms. The molecule has 0 fully saturated rings. The van der Waals surface area contributed by atoms with Gasteiger partial charge in [-0.3, -0.25) is 4.79 Å². The highest BCUT2D eigenvalue weighted by Crippen LogP contribution is 1.82. The molecule has 0 aliphatic heterocycles. The third kappa shape index (κ3) is 5.82. The number of rotatable bonds is 3. The van der Waals surface area contributed by atoms with E-state index in [4.69, 9.17) is 0 Å². The summed E-state index contributed by atoms with van der Waals surface area (Å²) in [4.78, 5) is 9.46. The van der Waals surface area contributed by atoms with Crippen LogP contribution in [-0.2, 0) is 4.79 Å². The second-order valence-electron chi connectivity index (χ2n) is 0.887. The SMILES string of the molecule is O=[C]CC/[C]=N/Br. The van der Waals surface area contributed by atoms with Crippen LogP contribution in [0.15, 0.2) is 4.02 Å². The Labute approximate surface area is 51.0 Å². The zero-order chi connectivity index (χ0) is 5.54. The minimum Gasteiger partial charge on any atom is -0.291 e. The van der Waals surface area contributed by atoms with Crippen molar-refractivity contribution in [1.82, 2.24) is 0 Å². The van der Waals surface area contributed by atoms with Crippen molar-refractivity contribution < 1.29 is 4.79 Å². The lowest BCUT2D eigenvalue weighted by Gasteiger charge is -1.71. The first-order chi connectivity index (χ1) is 3.41. The maximum Gasteiger partial charge on any atom is 0.198 e. The number of carbonyl (C=O) groups excluding carboxylic acids is 1. The fourth-order valence-corrected chi connectivity index (χ4v) is 0.327. The molecule has 0 aromatic heterocycles. The summed E-state index contributed by atoms with van der Waals surface area (Å²) in [5, 5.41) is 0. The molecule has 0 saturated carbocycles. The van der Waals surface area contributed by atoms with Crippen LogP contribution in [-0.4, -0.2) is 12.5 Å². The summed E-state index contributed by atoms with van der Waals surface area (Å²) in [7, 11) is 0. The number of nitrogens with zero attached hydrogens (tertiary/aromatic N) is 1. The Morgan fingerprint density at radius 1 is 1.57 bits per heavy atom. The van der Waals surface area contributed by atoms with Gasteiger partial charge in [-0.1, -0.05) is 0 Å². The Hall–Kier alpha value is -0.180. The molecular weight excluding hydrogens is 158 g/mol. The molecule has 0 N–H and O–H groups in total. The zero-order valence-electron chi connectivity index (χ0n) is 3.65. The average Bonchev–Trinajstić information content (AvgIpc) is 1.69. The highest BCUT2D eigenvalue weighted by molar-refractivity contribution is 9.08. The monoisotopic (exact) mass is 161 g/mol. The van der Waals surface area contributed by atoms with Gasteiger partial charge in [-0.2, -0.15) is 0 Å². The Kier molecular flexibility index (Phi) is 5.67. The third-order valence-corrected chi connectivity index (χ3v) is 0.649. The van der Waals surface area contributed by atoms with E-state index in [2.05, 4.69) is 26.4 Å². The van der Waals surface area contributed by atoms with Gasteiger partial charge < -0.3 is 0 Å². The molecule has 2 nitrogen and oxygen atoms in total. The van der Waals surface area contributed by atoms with Crippen molar-refractivity contribution in [2.45, 2.75) is 12.8 Å². The van der Waals surface area contributed by atoms with E-state index in [1.165, 1.54) is 0 Å². The minimum atomic E-state index is 0.384. The van der Waals surface area contributed by atoms with Gasteiger partial charge in [0, 0.05) is 6.42 Å². The van der Waals surface area contributed by atoms with Crippen LogP contribution in [0.1, 0.15) is 12.8 Å². The number of hydrogen-bond donors (Lipinski definition) is 0. The van der Waals surface area contributed by atoms with Gasteiger partial charge in [0.25, 0.3) is 0 Å². The number of halogens is 1. The largest absolute Gasteiger partial charge is 0.291 e. The lowest BCUT2D eigenvalue weighted by Crippen LogP contribution is -1.73. The molecule has 0 saturated heterocycles. The van der Waals surface area contributed by atoms with Crippen molar-refractivity contribution in [3.63, 3.8) is 0 Å². The first kappa shape index (κ1) is 6.82. The Morgan fingerprint density at radius 3 is 2.71 bits per heavy atom. The van der Waals surface area contributed by atoms with Crippen LogP contribution in [0.5, 0.6) is 0 Å². The number of unbranched alkanes of at least 4 members (excludes halogenated alkanes) is 1. The summed E-state index contributed by atoms with van der Waals surface area (Å²) < 4.78 is 3.36. The van der Waals surface area contributed by atoms with Crippen LogP contribution in [0.2, 0.25) is 0 Å². The molecule has 0 rings (SSSR count). The minimum absolute atomic E-state index is 0.384. The van der Waals surface area contributed by atoms with Crippen molar-refractivity contribution in [1.29, 1.82) is 0 Å². The van der Waals surface area contributed by atoms with E-state index in [1.54, 1.807) is 6.29 Å². The van der Waals surface area contributed by atoms with Crippen LogP contribution in [0.25, 0.3) is 0 Å². The Morgan fingerprint density at radius 2 is 2.29 bits per heavy atom. The summed E-state index contributed by atoms with van der Waals surface area (Å²) in [5.74, 6) is 0. The molecular formula is C4H4BrNO. The third-order valence-electron chi connectivity index (χ3n) is 0.399. The maximum atomic E-state index is 9.46. The van der Waals surface area contributed by atoms with Crippen molar-refractivity contribution in [2.24, 2.45) is 4.02 Å². The molecule has 0 aliphatic carbocycles. The van der Waals surface area contributed by atoms with Crippen molar-refractivity contribution >= 4 is 28.6 Å². The Balaban J connectivity index is 2.82. The van der Waals surface area contributed by atoms with Gasteiger partial charge in [-0.05, 0) is 6.42 Å². The molecule has 7 heavy (non-hydrogen) atoms. The van der Waals surface area contributed by atoms with Crippen LogP contribution >= 0.6 is 16.1 Å². The molecule has 0 bridgehead atoms. The molecule has 0 aliphatic rings. The molecule has 2 radical (unpaired) electrons. The molecule has 0 aromatic rings. The van der Waals surface area contributed by atoms with Crippen molar-refractivity contribution in [3.05, 3.63) is 0 Å². The molecule has 0 unspecified atom stereocenters. The summed E-state index contributed by atoms with van der Waals surface area (Å²) in [5.41, 5.74) is 0. The molecule has 0 aromatic carbocycles. The van der Waals surface area contributed by atoms with E-state index >= 15 is 0 Å². The predicted octanol–water partition coefficient (Wildman–Crippen LogP) is 1.13. The molecule has 0 heterocycles. The first-order valence-electron chi connectivity index (χ1n) is 1.80. The van der Waals surface area contributed by atoms with Gasteiger partial charge in [0.05, 0.1) is 22.4 Å². The van der Waals surface area contributed by atoms with Crippen LogP contribution in [0.3, 0.4) is 0 Å². The lowest BCUT2D eigenvalue weighted by molar-refractivity contribution is 0.552. The van der Waals surface area contributed by atoms with Crippen molar-refractivity contribution in [2.75, 3.05) is 0 Å². The van der Waals surface area contributed by atoms with E-state index in [9.17, 15) is 4.79 Å². The average molecular weight is 162 g/mol. The van der Waals surface area contributed by atoms with Gasteiger partial charge in [0.15, 0.2) is 6.29 Å². The second kappa shape index (κ2) is 5.82. The topological polar surface area (TPSA) is 29.4 Å². The van der Waals surface area contributed by atoms with Crippen LogP contribution in [0.4, 0.5) is 0 Å². The van der Waals surface area contributed by atoms with E-state index in [0.717, 1.165) is 0 Å². The molecule has 0 spiro atoms. The predicted molar refractivity (Wildman–Crippen MR) is 31.3 cm³/mol. The highest BCUT2D eigenvalue weighted by Gasteiger charge is 1.77. The first-order valence-corrected chi connectivity index (χ1v) is 2.51. The Bertz CT molecular complexity index is 72.1. The van der Waals surface area contributed by atoms with Gasteiger partial charge in [0.2, 0.25) is 0 Å². The quantitative estimate of drug-likeness (QED) is 0.451. The lowest BCUT2D eigenvalue weighted by atomic mass is 10.4. The standard InChI is InChI=1S/C4H4BrNO/c5-6-3-1-2-4-7/h1-2H2. The van der Waals surface area contributed by atoms with E-state index in [0.29, 0.717) is 12.8 Å².